The molecule has 1 unspecified atom stereocenters. The molecule has 0 amide bonds. The van der Waals surface area contributed by atoms with Crippen LogP contribution in [0.2, 0.25) is 0 Å². The summed E-state index contributed by atoms with van der Waals surface area (Å²) in [6.45, 7) is 2.21. The van der Waals surface area contributed by atoms with E-state index in [4.69, 9.17) is 0 Å². The maximum atomic E-state index is 15.4. The van der Waals surface area contributed by atoms with Crippen molar-refractivity contribution in [3.8, 4) is 0 Å². The van der Waals surface area contributed by atoms with Gasteiger partial charge in [-0.2, -0.15) is 0 Å². The third kappa shape index (κ3) is 3.86. The fourth-order valence-electron chi connectivity index (χ4n) is 4.32. The number of hydrogen-bond donors (Lipinski definition) is 0. The largest absolute Gasteiger partial charge is 0.226 e. The van der Waals surface area contributed by atoms with Crippen molar-refractivity contribution in [3.63, 3.8) is 0 Å². The number of halogens is 3. The molecule has 0 heterocycles. The van der Waals surface area contributed by atoms with E-state index < -0.39 is 17.3 Å². The van der Waals surface area contributed by atoms with Crippen LogP contribution in [0.1, 0.15) is 75.3 Å². The minimum atomic E-state index is -2.46. The van der Waals surface area contributed by atoms with Crippen LogP contribution in [0, 0.1) is 5.92 Å². The van der Waals surface area contributed by atoms with E-state index in [9.17, 15) is 8.78 Å². The molecule has 3 rings (SSSR count). The summed E-state index contributed by atoms with van der Waals surface area (Å²) in [6.07, 6.45) is 9.70. The zero-order valence-corrected chi connectivity index (χ0v) is 14.9. The minimum Gasteiger partial charge on any atom is -0.226 e. The number of rotatable bonds is 5. The van der Waals surface area contributed by atoms with Gasteiger partial charge in [-0.1, -0.05) is 50.5 Å². The van der Waals surface area contributed by atoms with Crippen LogP contribution in [0.25, 0.3) is 0 Å². The molecular formula is C22H27F3. The molecule has 2 aliphatic rings. The van der Waals surface area contributed by atoms with Gasteiger partial charge in [-0.15, -0.1) is 0 Å². The van der Waals surface area contributed by atoms with Crippen LogP contribution in [0.4, 0.5) is 13.2 Å². The number of alkyl halides is 1. The first kappa shape index (κ1) is 18.3. The Balaban J connectivity index is 1.83. The Bertz CT molecular complexity index is 653. The van der Waals surface area contributed by atoms with Gasteiger partial charge in [0.05, 0.1) is 0 Å². The van der Waals surface area contributed by atoms with Crippen molar-refractivity contribution in [2.45, 2.75) is 69.9 Å². The first-order chi connectivity index (χ1) is 12.0. The smallest absolute Gasteiger partial charge is 0.207 e. The molecule has 0 saturated heterocycles. The predicted octanol–water partition coefficient (Wildman–Crippen LogP) is 7.43. The summed E-state index contributed by atoms with van der Waals surface area (Å²) in [5.41, 5.74) is -1.35. The van der Waals surface area contributed by atoms with E-state index in [2.05, 4.69) is 6.92 Å². The van der Waals surface area contributed by atoms with Crippen LogP contribution in [-0.4, -0.2) is 0 Å². The fourth-order valence-corrected chi connectivity index (χ4v) is 4.32. The number of hydrogen-bond acceptors (Lipinski definition) is 0. The fraction of sp³-hybridized carbons (Fsp3) is 0.545. The lowest BCUT2D eigenvalue weighted by atomic mass is 9.74. The van der Waals surface area contributed by atoms with Gasteiger partial charge in [-0.25, -0.2) is 13.2 Å². The van der Waals surface area contributed by atoms with Gasteiger partial charge in [0.25, 0.3) is 0 Å². The molecule has 25 heavy (non-hydrogen) atoms. The van der Waals surface area contributed by atoms with E-state index in [1.54, 1.807) is 12.1 Å². The van der Waals surface area contributed by atoms with Gasteiger partial charge in [-0.05, 0) is 55.2 Å². The van der Waals surface area contributed by atoms with Gasteiger partial charge < -0.3 is 0 Å². The summed E-state index contributed by atoms with van der Waals surface area (Å²) in [7, 11) is 0. The molecule has 1 saturated carbocycles. The SMILES string of the molecule is CCCC[C@H]1CC[C@H](c2ccccc2C2(F)C=C(F)CC=C2F)CC1. The second-order valence-corrected chi connectivity index (χ2v) is 7.51. The normalized spacial score (nSPS) is 29.9. The Morgan fingerprint density at radius 1 is 1.08 bits per heavy atom. The summed E-state index contributed by atoms with van der Waals surface area (Å²) in [5, 5.41) is 0. The molecule has 1 atom stereocenters. The second-order valence-electron chi connectivity index (χ2n) is 7.51. The number of allylic oxidation sites excluding steroid dienone is 4. The second kappa shape index (κ2) is 7.80. The van der Waals surface area contributed by atoms with E-state index >= 15 is 4.39 Å². The summed E-state index contributed by atoms with van der Waals surface area (Å²) in [4.78, 5) is 0. The van der Waals surface area contributed by atoms with Gasteiger partial charge in [0.15, 0.2) is 0 Å². The van der Waals surface area contributed by atoms with Gasteiger partial charge in [-0.3, -0.25) is 0 Å². The van der Waals surface area contributed by atoms with E-state index in [1.807, 2.05) is 12.1 Å². The summed E-state index contributed by atoms with van der Waals surface area (Å²) < 4.78 is 43.5. The lowest BCUT2D eigenvalue weighted by Gasteiger charge is -2.33. The quantitative estimate of drug-likeness (QED) is 0.519. The first-order valence-corrected chi connectivity index (χ1v) is 9.56. The molecule has 0 radical (unpaired) electrons. The highest BCUT2D eigenvalue weighted by Crippen LogP contribution is 2.47. The zero-order chi connectivity index (χ0) is 17.9. The molecule has 0 N–H and O–H groups in total. The molecule has 3 heteroatoms. The Kier molecular flexibility index (Phi) is 5.71. The lowest BCUT2D eigenvalue weighted by molar-refractivity contribution is 0.223. The van der Waals surface area contributed by atoms with Gasteiger partial charge in [0.2, 0.25) is 5.67 Å². The monoisotopic (exact) mass is 348 g/mol. The van der Waals surface area contributed by atoms with Crippen molar-refractivity contribution in [3.05, 3.63) is 59.2 Å². The van der Waals surface area contributed by atoms with Crippen molar-refractivity contribution in [1.29, 1.82) is 0 Å². The summed E-state index contributed by atoms with van der Waals surface area (Å²) in [6, 6.07) is 7.08. The topological polar surface area (TPSA) is 0 Å². The van der Waals surface area contributed by atoms with Crippen molar-refractivity contribution < 1.29 is 13.2 Å². The Hall–Kier alpha value is -1.51. The predicted molar refractivity (Wildman–Crippen MR) is 96.5 cm³/mol. The van der Waals surface area contributed by atoms with Crippen molar-refractivity contribution in [2.24, 2.45) is 5.92 Å². The highest BCUT2D eigenvalue weighted by Gasteiger charge is 2.41. The van der Waals surface area contributed by atoms with Crippen LogP contribution in [0.5, 0.6) is 0 Å². The van der Waals surface area contributed by atoms with Gasteiger partial charge in [0.1, 0.15) is 11.7 Å². The van der Waals surface area contributed by atoms with Crippen LogP contribution >= 0.6 is 0 Å². The van der Waals surface area contributed by atoms with E-state index in [0.717, 1.165) is 49.3 Å². The maximum Gasteiger partial charge on any atom is 0.207 e. The third-order valence-electron chi connectivity index (χ3n) is 5.78. The maximum absolute atomic E-state index is 15.4. The molecule has 0 aliphatic heterocycles. The van der Waals surface area contributed by atoms with E-state index in [-0.39, 0.29) is 17.9 Å². The van der Waals surface area contributed by atoms with E-state index in [1.165, 1.54) is 19.3 Å². The Morgan fingerprint density at radius 2 is 1.80 bits per heavy atom. The Labute approximate surface area is 148 Å². The summed E-state index contributed by atoms with van der Waals surface area (Å²) in [5.74, 6) is -0.515. The molecule has 2 aliphatic carbocycles. The molecule has 1 fully saturated rings. The average Bonchev–Trinajstić information content (AvgIpc) is 2.64. The minimum absolute atomic E-state index is 0.164. The molecule has 136 valence electrons. The van der Waals surface area contributed by atoms with Gasteiger partial charge in [0, 0.05) is 12.0 Å². The van der Waals surface area contributed by atoms with Crippen LogP contribution in [0.15, 0.2) is 48.1 Å². The Morgan fingerprint density at radius 3 is 2.52 bits per heavy atom. The average molecular weight is 348 g/mol. The summed E-state index contributed by atoms with van der Waals surface area (Å²) >= 11 is 0. The van der Waals surface area contributed by atoms with Gasteiger partial charge >= 0.3 is 0 Å². The van der Waals surface area contributed by atoms with Crippen LogP contribution < -0.4 is 0 Å². The molecule has 0 aromatic heterocycles. The van der Waals surface area contributed by atoms with E-state index in [0.29, 0.717) is 0 Å². The van der Waals surface area contributed by atoms with Crippen molar-refractivity contribution in [2.75, 3.05) is 0 Å². The first-order valence-electron chi connectivity index (χ1n) is 9.56. The standard InChI is InChI=1S/C22H27F3/c1-2-3-6-16-9-11-17(12-10-16)19-7-4-5-8-20(19)22(25)15-18(23)13-14-21(22)24/h4-5,7-8,14-17H,2-3,6,9-13H2,1H3/t16-,17-,22?. The zero-order valence-electron chi connectivity index (χ0n) is 14.9. The van der Waals surface area contributed by atoms with Crippen LogP contribution in [0.3, 0.4) is 0 Å². The van der Waals surface area contributed by atoms with Crippen molar-refractivity contribution in [1.82, 2.24) is 0 Å². The van der Waals surface area contributed by atoms with Crippen molar-refractivity contribution >= 4 is 0 Å². The molecular weight excluding hydrogens is 321 g/mol. The molecule has 0 bridgehead atoms. The molecule has 0 spiro atoms. The number of benzene rings is 1. The highest BCUT2D eigenvalue weighted by atomic mass is 19.2. The highest BCUT2D eigenvalue weighted by molar-refractivity contribution is 5.45. The molecule has 1 aromatic rings. The lowest BCUT2D eigenvalue weighted by Crippen LogP contribution is -2.25. The third-order valence-corrected chi connectivity index (χ3v) is 5.78. The van der Waals surface area contributed by atoms with Crippen LogP contribution in [-0.2, 0) is 5.67 Å². The molecule has 0 nitrogen and oxygen atoms in total. The number of unbranched alkanes of at least 4 members (excludes halogenated alkanes) is 1. The molecule has 1 aromatic carbocycles.